The summed E-state index contributed by atoms with van der Waals surface area (Å²) in [6, 6.07) is -0.624. The second-order valence-electron chi connectivity index (χ2n) is 5.20. The van der Waals surface area contributed by atoms with E-state index in [9.17, 15) is 9.59 Å². The molecule has 2 rings (SSSR count). The van der Waals surface area contributed by atoms with Crippen LogP contribution in [0.5, 0.6) is 0 Å². The van der Waals surface area contributed by atoms with Crippen LogP contribution in [0, 0.1) is 5.92 Å². The molecule has 0 spiro atoms. The van der Waals surface area contributed by atoms with E-state index in [1.807, 2.05) is 23.6 Å². The second-order valence-corrected chi connectivity index (χ2v) is 6.43. The van der Waals surface area contributed by atoms with Crippen LogP contribution >= 0.6 is 11.8 Å². The Morgan fingerprint density at radius 1 is 1.33 bits per heavy atom. The van der Waals surface area contributed by atoms with Gasteiger partial charge in [-0.15, -0.1) is 0 Å². The van der Waals surface area contributed by atoms with E-state index in [0.29, 0.717) is 12.3 Å². The standard InChI is InChI=1S/C13H22N2O2S/c1-3-11-12(16)14-9(2)13(17)15(11)8-10-4-6-18-7-5-10/h9-11H,3-8H2,1-2H3,(H,14,16). The van der Waals surface area contributed by atoms with Crippen LogP contribution in [0.25, 0.3) is 0 Å². The van der Waals surface area contributed by atoms with Gasteiger partial charge in [-0.3, -0.25) is 9.59 Å². The first-order valence-electron chi connectivity index (χ1n) is 6.82. The molecule has 1 N–H and O–H groups in total. The monoisotopic (exact) mass is 270 g/mol. The molecule has 0 aromatic rings. The zero-order valence-electron chi connectivity index (χ0n) is 11.1. The summed E-state index contributed by atoms with van der Waals surface area (Å²) in [7, 11) is 0. The number of carbonyl (C=O) groups excluding carboxylic acids is 2. The summed E-state index contributed by atoms with van der Waals surface area (Å²) in [6.45, 7) is 4.50. The minimum atomic E-state index is -0.363. The quantitative estimate of drug-likeness (QED) is 0.840. The van der Waals surface area contributed by atoms with Gasteiger partial charge in [0.05, 0.1) is 0 Å². The predicted molar refractivity (Wildman–Crippen MR) is 73.4 cm³/mol. The second kappa shape index (κ2) is 5.95. The highest BCUT2D eigenvalue weighted by atomic mass is 32.2. The Morgan fingerprint density at radius 3 is 2.61 bits per heavy atom. The van der Waals surface area contributed by atoms with E-state index in [2.05, 4.69) is 5.32 Å². The van der Waals surface area contributed by atoms with E-state index in [0.717, 1.165) is 6.54 Å². The number of hydrogen-bond acceptors (Lipinski definition) is 3. The number of nitrogens with zero attached hydrogens (tertiary/aromatic N) is 1. The van der Waals surface area contributed by atoms with Crippen LogP contribution in [0.3, 0.4) is 0 Å². The molecule has 18 heavy (non-hydrogen) atoms. The molecular formula is C13H22N2O2S. The van der Waals surface area contributed by atoms with Crippen molar-refractivity contribution in [2.24, 2.45) is 5.92 Å². The van der Waals surface area contributed by atoms with Crippen molar-refractivity contribution in [1.82, 2.24) is 10.2 Å². The Hall–Kier alpha value is -0.710. The fourth-order valence-electron chi connectivity index (χ4n) is 2.75. The number of nitrogens with one attached hydrogen (secondary N) is 1. The molecule has 2 amide bonds. The minimum Gasteiger partial charge on any atom is -0.343 e. The first kappa shape index (κ1) is 13.7. The molecule has 0 aromatic carbocycles. The molecule has 2 saturated heterocycles. The van der Waals surface area contributed by atoms with Crippen molar-refractivity contribution in [3.8, 4) is 0 Å². The lowest BCUT2D eigenvalue weighted by molar-refractivity contribution is -0.149. The molecule has 4 nitrogen and oxygen atoms in total. The van der Waals surface area contributed by atoms with Gasteiger partial charge in [0.2, 0.25) is 11.8 Å². The molecule has 0 aliphatic carbocycles. The van der Waals surface area contributed by atoms with E-state index >= 15 is 0 Å². The van der Waals surface area contributed by atoms with Crippen molar-refractivity contribution < 1.29 is 9.59 Å². The Balaban J connectivity index is 2.05. The van der Waals surface area contributed by atoms with Crippen molar-refractivity contribution in [2.45, 2.75) is 45.2 Å². The smallest absolute Gasteiger partial charge is 0.245 e. The van der Waals surface area contributed by atoms with Crippen LogP contribution in [0.1, 0.15) is 33.1 Å². The third kappa shape index (κ3) is 2.82. The van der Waals surface area contributed by atoms with Crippen molar-refractivity contribution in [3.05, 3.63) is 0 Å². The molecule has 2 unspecified atom stereocenters. The number of piperazine rings is 1. The molecule has 5 heteroatoms. The maximum Gasteiger partial charge on any atom is 0.245 e. The van der Waals surface area contributed by atoms with Crippen LogP contribution in [-0.2, 0) is 9.59 Å². The summed E-state index contributed by atoms with van der Waals surface area (Å²) in [5.74, 6) is 3.04. The maximum absolute atomic E-state index is 12.2. The molecule has 2 aliphatic rings. The fraction of sp³-hybridized carbons (Fsp3) is 0.846. The van der Waals surface area contributed by atoms with E-state index < -0.39 is 0 Å². The molecule has 2 aliphatic heterocycles. The molecule has 2 heterocycles. The molecule has 0 radical (unpaired) electrons. The molecular weight excluding hydrogens is 248 g/mol. The van der Waals surface area contributed by atoms with Gasteiger partial charge in [-0.25, -0.2) is 0 Å². The normalized spacial score (nSPS) is 30.4. The average Bonchev–Trinajstić information content (AvgIpc) is 2.37. The maximum atomic E-state index is 12.2. The van der Waals surface area contributed by atoms with Gasteiger partial charge in [0, 0.05) is 6.54 Å². The Bertz CT molecular complexity index is 329. The minimum absolute atomic E-state index is 0.00906. The molecule has 102 valence electrons. The molecule has 0 aromatic heterocycles. The number of amides is 2. The highest BCUT2D eigenvalue weighted by Gasteiger charge is 2.38. The number of hydrogen-bond donors (Lipinski definition) is 1. The summed E-state index contributed by atoms with van der Waals surface area (Å²) in [5.41, 5.74) is 0. The SMILES string of the molecule is CCC1C(=O)NC(C)C(=O)N1CC1CCSCC1. The van der Waals surface area contributed by atoms with E-state index in [1.165, 1.54) is 24.3 Å². The van der Waals surface area contributed by atoms with Gasteiger partial charge in [-0.05, 0) is 43.6 Å². The Labute approximate surface area is 113 Å². The molecule has 2 fully saturated rings. The van der Waals surface area contributed by atoms with Crippen molar-refractivity contribution in [1.29, 1.82) is 0 Å². The Kier molecular flexibility index (Phi) is 4.54. The summed E-state index contributed by atoms with van der Waals surface area (Å²) >= 11 is 1.99. The lowest BCUT2D eigenvalue weighted by Crippen LogP contribution is -2.63. The lowest BCUT2D eigenvalue weighted by Gasteiger charge is -2.40. The number of thioether (sulfide) groups is 1. The van der Waals surface area contributed by atoms with E-state index in [4.69, 9.17) is 0 Å². The molecule has 0 saturated carbocycles. The van der Waals surface area contributed by atoms with Gasteiger partial charge in [0.25, 0.3) is 0 Å². The highest BCUT2D eigenvalue weighted by Crippen LogP contribution is 2.25. The topological polar surface area (TPSA) is 49.4 Å². The van der Waals surface area contributed by atoms with Crippen LogP contribution in [0.2, 0.25) is 0 Å². The summed E-state index contributed by atoms with van der Waals surface area (Å²) < 4.78 is 0. The van der Waals surface area contributed by atoms with Crippen LogP contribution in [0.4, 0.5) is 0 Å². The van der Waals surface area contributed by atoms with E-state index in [-0.39, 0.29) is 23.9 Å². The third-order valence-electron chi connectivity index (χ3n) is 3.87. The van der Waals surface area contributed by atoms with Gasteiger partial charge in [-0.1, -0.05) is 6.92 Å². The van der Waals surface area contributed by atoms with Crippen molar-refractivity contribution in [3.63, 3.8) is 0 Å². The van der Waals surface area contributed by atoms with Gasteiger partial charge in [0.15, 0.2) is 0 Å². The van der Waals surface area contributed by atoms with Gasteiger partial charge in [0.1, 0.15) is 12.1 Å². The average molecular weight is 270 g/mol. The lowest BCUT2D eigenvalue weighted by atomic mass is 9.98. The summed E-state index contributed by atoms with van der Waals surface area (Å²) in [6.07, 6.45) is 3.04. The zero-order chi connectivity index (χ0) is 13.1. The predicted octanol–water partition coefficient (Wildman–Crippen LogP) is 1.26. The first-order chi connectivity index (χ1) is 8.63. The summed E-state index contributed by atoms with van der Waals surface area (Å²) in [5, 5.41) is 2.76. The third-order valence-corrected chi connectivity index (χ3v) is 4.92. The molecule has 0 bridgehead atoms. The largest absolute Gasteiger partial charge is 0.343 e. The highest BCUT2D eigenvalue weighted by molar-refractivity contribution is 7.99. The number of rotatable bonds is 3. The van der Waals surface area contributed by atoms with Gasteiger partial charge < -0.3 is 10.2 Å². The fourth-order valence-corrected chi connectivity index (χ4v) is 3.95. The Morgan fingerprint density at radius 2 is 2.00 bits per heavy atom. The van der Waals surface area contributed by atoms with Crippen molar-refractivity contribution >= 4 is 23.6 Å². The number of carbonyl (C=O) groups is 2. The van der Waals surface area contributed by atoms with E-state index in [1.54, 1.807) is 6.92 Å². The van der Waals surface area contributed by atoms with Crippen molar-refractivity contribution in [2.75, 3.05) is 18.1 Å². The van der Waals surface area contributed by atoms with Crippen LogP contribution in [-0.4, -0.2) is 46.8 Å². The zero-order valence-corrected chi connectivity index (χ0v) is 12.0. The van der Waals surface area contributed by atoms with Gasteiger partial charge >= 0.3 is 0 Å². The van der Waals surface area contributed by atoms with Crippen LogP contribution < -0.4 is 5.32 Å². The first-order valence-corrected chi connectivity index (χ1v) is 7.97. The molecule has 2 atom stereocenters. The summed E-state index contributed by atoms with van der Waals surface area (Å²) in [4.78, 5) is 26.0. The van der Waals surface area contributed by atoms with Crippen LogP contribution in [0.15, 0.2) is 0 Å². The van der Waals surface area contributed by atoms with Gasteiger partial charge in [-0.2, -0.15) is 11.8 Å².